The highest BCUT2D eigenvalue weighted by Gasteiger charge is 2.39. The first-order chi connectivity index (χ1) is 12.5. The maximum atomic E-state index is 12.7. The number of nitrogens with one attached hydrogen (secondary N) is 1. The Labute approximate surface area is 150 Å². The number of anilines is 2. The predicted octanol–water partition coefficient (Wildman–Crippen LogP) is 2.07. The number of rotatable bonds is 6. The number of methoxy groups -OCH3 is 1. The van der Waals surface area contributed by atoms with Gasteiger partial charge in [0.25, 0.3) is 5.91 Å². The van der Waals surface area contributed by atoms with E-state index < -0.39 is 12.0 Å². The van der Waals surface area contributed by atoms with E-state index in [2.05, 4.69) is 5.32 Å². The first kappa shape index (κ1) is 17.5. The van der Waals surface area contributed by atoms with Crippen molar-refractivity contribution in [2.45, 2.75) is 18.9 Å². The summed E-state index contributed by atoms with van der Waals surface area (Å²) in [7, 11) is 1.53. The van der Waals surface area contributed by atoms with Crippen molar-refractivity contribution in [3.8, 4) is 5.75 Å². The van der Waals surface area contributed by atoms with E-state index >= 15 is 0 Å². The lowest BCUT2D eigenvalue weighted by Crippen LogP contribution is -2.34. The molecule has 1 unspecified atom stereocenters. The SMILES string of the molecule is COc1ccccc1NC1CC(=O)N(c2ccc(CC(=O)O)cc2)C1=O. The minimum atomic E-state index is -0.938. The summed E-state index contributed by atoms with van der Waals surface area (Å²) in [5.41, 5.74) is 1.67. The highest BCUT2D eigenvalue weighted by molar-refractivity contribution is 6.23. The average molecular weight is 354 g/mol. The van der Waals surface area contributed by atoms with E-state index in [1.807, 2.05) is 12.1 Å². The quantitative estimate of drug-likeness (QED) is 0.771. The number of hydrogen-bond acceptors (Lipinski definition) is 5. The Balaban J connectivity index is 1.77. The fourth-order valence-electron chi connectivity index (χ4n) is 2.91. The minimum absolute atomic E-state index is 0.0355. The number of hydrogen-bond donors (Lipinski definition) is 2. The van der Waals surface area contributed by atoms with Crippen LogP contribution in [-0.2, 0) is 20.8 Å². The first-order valence-electron chi connectivity index (χ1n) is 8.06. The molecule has 0 aliphatic carbocycles. The molecule has 2 aromatic carbocycles. The molecule has 0 aromatic heterocycles. The summed E-state index contributed by atoms with van der Waals surface area (Å²) >= 11 is 0. The third-order valence-electron chi connectivity index (χ3n) is 4.13. The molecule has 1 atom stereocenters. The summed E-state index contributed by atoms with van der Waals surface area (Å²) in [6.45, 7) is 0. The Morgan fingerprint density at radius 2 is 1.88 bits per heavy atom. The Hall–Kier alpha value is -3.35. The number of carboxylic acids is 1. The smallest absolute Gasteiger partial charge is 0.307 e. The van der Waals surface area contributed by atoms with Crippen LogP contribution in [0.15, 0.2) is 48.5 Å². The zero-order valence-corrected chi connectivity index (χ0v) is 14.1. The third-order valence-corrected chi connectivity index (χ3v) is 4.13. The lowest BCUT2D eigenvalue weighted by molar-refractivity contribution is -0.136. The lowest BCUT2D eigenvalue weighted by Gasteiger charge is -2.17. The molecular formula is C19H18N2O5. The van der Waals surface area contributed by atoms with Gasteiger partial charge in [0.2, 0.25) is 5.91 Å². The van der Waals surface area contributed by atoms with Gasteiger partial charge < -0.3 is 15.2 Å². The van der Waals surface area contributed by atoms with Crippen molar-refractivity contribution in [1.82, 2.24) is 0 Å². The highest BCUT2D eigenvalue weighted by Crippen LogP contribution is 2.29. The monoisotopic (exact) mass is 354 g/mol. The van der Waals surface area contributed by atoms with Gasteiger partial charge >= 0.3 is 5.97 Å². The molecule has 7 nitrogen and oxygen atoms in total. The van der Waals surface area contributed by atoms with Gasteiger partial charge in [0.15, 0.2) is 0 Å². The Morgan fingerprint density at radius 1 is 1.19 bits per heavy atom. The zero-order valence-electron chi connectivity index (χ0n) is 14.1. The lowest BCUT2D eigenvalue weighted by atomic mass is 10.1. The zero-order chi connectivity index (χ0) is 18.7. The van der Waals surface area contributed by atoms with E-state index in [0.717, 1.165) is 4.90 Å². The van der Waals surface area contributed by atoms with Crippen LogP contribution in [-0.4, -0.2) is 36.0 Å². The van der Waals surface area contributed by atoms with Gasteiger partial charge in [0.1, 0.15) is 11.8 Å². The number of ether oxygens (including phenoxy) is 1. The predicted molar refractivity (Wildman–Crippen MR) is 95.3 cm³/mol. The van der Waals surface area contributed by atoms with Gasteiger partial charge in [-0.05, 0) is 29.8 Å². The van der Waals surface area contributed by atoms with E-state index in [9.17, 15) is 14.4 Å². The molecule has 2 N–H and O–H groups in total. The number of carboxylic acid groups (broad SMARTS) is 1. The molecule has 1 aliphatic rings. The Morgan fingerprint density at radius 3 is 2.54 bits per heavy atom. The topological polar surface area (TPSA) is 95.9 Å². The van der Waals surface area contributed by atoms with E-state index in [4.69, 9.17) is 9.84 Å². The maximum absolute atomic E-state index is 12.7. The molecule has 0 radical (unpaired) electrons. The molecule has 0 bridgehead atoms. The molecule has 1 fully saturated rings. The van der Waals surface area contributed by atoms with Crippen LogP contribution in [0.5, 0.6) is 5.75 Å². The second-order valence-corrected chi connectivity index (χ2v) is 5.91. The first-order valence-corrected chi connectivity index (χ1v) is 8.06. The second kappa shape index (κ2) is 7.26. The Bertz CT molecular complexity index is 847. The van der Waals surface area contributed by atoms with Gasteiger partial charge in [0.05, 0.1) is 31.3 Å². The third kappa shape index (κ3) is 3.51. The van der Waals surface area contributed by atoms with Gasteiger partial charge in [0, 0.05) is 0 Å². The van der Waals surface area contributed by atoms with Crippen molar-refractivity contribution in [2.75, 3.05) is 17.3 Å². The van der Waals surface area contributed by atoms with Crippen molar-refractivity contribution in [3.05, 3.63) is 54.1 Å². The van der Waals surface area contributed by atoms with E-state index in [-0.39, 0.29) is 24.7 Å². The molecule has 0 saturated carbocycles. The van der Waals surface area contributed by atoms with E-state index in [1.165, 1.54) is 7.11 Å². The van der Waals surface area contributed by atoms with Gasteiger partial charge in [-0.25, -0.2) is 4.90 Å². The fraction of sp³-hybridized carbons (Fsp3) is 0.211. The largest absolute Gasteiger partial charge is 0.495 e. The van der Waals surface area contributed by atoms with Crippen molar-refractivity contribution in [2.24, 2.45) is 0 Å². The standard InChI is InChI=1S/C19H18N2O5/c1-26-16-5-3-2-4-14(16)20-15-11-17(22)21(19(15)25)13-8-6-12(7-9-13)10-18(23)24/h2-9,15,20H,10-11H2,1H3,(H,23,24). The molecule has 1 saturated heterocycles. The van der Waals surface area contributed by atoms with Gasteiger partial charge in [-0.2, -0.15) is 0 Å². The van der Waals surface area contributed by atoms with Gasteiger partial charge in [-0.15, -0.1) is 0 Å². The number of benzene rings is 2. The highest BCUT2D eigenvalue weighted by atomic mass is 16.5. The Kier molecular flexibility index (Phi) is 4.88. The molecule has 134 valence electrons. The van der Waals surface area contributed by atoms with E-state index in [0.29, 0.717) is 22.7 Å². The van der Waals surface area contributed by atoms with Crippen LogP contribution < -0.4 is 15.0 Å². The van der Waals surface area contributed by atoms with Crippen LogP contribution in [0.1, 0.15) is 12.0 Å². The van der Waals surface area contributed by atoms with Crippen LogP contribution >= 0.6 is 0 Å². The molecule has 2 amide bonds. The molecule has 1 aliphatic heterocycles. The second-order valence-electron chi connectivity index (χ2n) is 5.91. The number of carbonyl (C=O) groups excluding carboxylic acids is 2. The number of carbonyl (C=O) groups is 3. The average Bonchev–Trinajstić information content (AvgIpc) is 2.89. The van der Waals surface area contributed by atoms with Crippen molar-refractivity contribution >= 4 is 29.2 Å². The molecular weight excluding hydrogens is 336 g/mol. The summed E-state index contributed by atoms with van der Waals surface area (Å²) in [4.78, 5) is 36.9. The molecule has 0 spiro atoms. The van der Waals surface area contributed by atoms with Crippen LogP contribution in [0.3, 0.4) is 0 Å². The summed E-state index contributed by atoms with van der Waals surface area (Å²) in [5, 5.41) is 11.9. The number of nitrogens with zero attached hydrogens (tertiary/aromatic N) is 1. The van der Waals surface area contributed by atoms with Gasteiger partial charge in [-0.1, -0.05) is 24.3 Å². The minimum Gasteiger partial charge on any atom is -0.495 e. The van der Waals surface area contributed by atoms with Crippen LogP contribution in [0.2, 0.25) is 0 Å². The van der Waals surface area contributed by atoms with Crippen molar-refractivity contribution in [3.63, 3.8) is 0 Å². The number of imide groups is 1. The summed E-state index contributed by atoms with van der Waals surface area (Å²) in [6, 6.07) is 12.9. The van der Waals surface area contributed by atoms with Crippen LogP contribution in [0, 0.1) is 0 Å². The maximum Gasteiger partial charge on any atom is 0.307 e. The number of para-hydroxylation sites is 2. The number of amides is 2. The molecule has 26 heavy (non-hydrogen) atoms. The van der Waals surface area contributed by atoms with Crippen LogP contribution in [0.4, 0.5) is 11.4 Å². The molecule has 7 heteroatoms. The summed E-state index contributed by atoms with van der Waals surface area (Å²) in [6.07, 6.45) is -0.0755. The molecule has 3 rings (SSSR count). The van der Waals surface area contributed by atoms with E-state index in [1.54, 1.807) is 36.4 Å². The normalized spacial score (nSPS) is 16.7. The summed E-state index contributed by atoms with van der Waals surface area (Å²) < 4.78 is 5.25. The summed E-state index contributed by atoms with van der Waals surface area (Å²) in [5.74, 6) is -1.02. The van der Waals surface area contributed by atoms with Gasteiger partial charge in [-0.3, -0.25) is 14.4 Å². The molecule has 1 heterocycles. The van der Waals surface area contributed by atoms with Crippen LogP contribution in [0.25, 0.3) is 0 Å². The molecule has 2 aromatic rings. The van der Waals surface area contributed by atoms with Crippen molar-refractivity contribution < 1.29 is 24.2 Å². The number of aliphatic carboxylic acids is 1. The fourth-order valence-corrected chi connectivity index (χ4v) is 2.91. The van der Waals surface area contributed by atoms with Crippen molar-refractivity contribution in [1.29, 1.82) is 0 Å².